The van der Waals surface area contributed by atoms with Crippen molar-refractivity contribution in [2.24, 2.45) is 0 Å². The predicted octanol–water partition coefficient (Wildman–Crippen LogP) is 1.86. The molecule has 0 unspecified atom stereocenters. The van der Waals surface area contributed by atoms with E-state index < -0.39 is 18.1 Å². The molecule has 1 aromatic heterocycles. The molecular weight excluding hydrogens is 390 g/mol. The highest BCUT2D eigenvalue weighted by Gasteiger charge is 2.20. The third-order valence-electron chi connectivity index (χ3n) is 4.76. The fraction of sp³-hybridized carbons (Fsp3) is 0.238. The Hall–Kier alpha value is -3.88. The third kappa shape index (κ3) is 3.82. The molecule has 0 bridgehead atoms. The van der Waals surface area contributed by atoms with E-state index in [0.717, 1.165) is 5.56 Å². The molecule has 154 valence electrons. The van der Waals surface area contributed by atoms with Crippen molar-refractivity contribution in [3.05, 3.63) is 64.1 Å². The van der Waals surface area contributed by atoms with Crippen LogP contribution in [0.3, 0.4) is 0 Å². The number of hydrogen-bond acceptors (Lipinski definition) is 7. The Bertz CT molecular complexity index is 1170. The zero-order valence-electron chi connectivity index (χ0n) is 16.2. The highest BCUT2D eigenvalue weighted by molar-refractivity contribution is 6.02. The lowest BCUT2D eigenvalue weighted by Gasteiger charge is -2.21. The molecule has 30 heavy (non-hydrogen) atoms. The minimum Gasteiger partial charge on any atom is -0.454 e. The number of nitrogens with zero attached hydrogens (tertiary/aromatic N) is 2. The lowest BCUT2D eigenvalue weighted by molar-refractivity contribution is -0.134. The lowest BCUT2D eigenvalue weighted by atomic mass is 10.1. The van der Waals surface area contributed by atoms with Gasteiger partial charge in [-0.2, -0.15) is 5.10 Å². The number of H-pyrrole nitrogens is 1. The van der Waals surface area contributed by atoms with Crippen LogP contribution in [-0.2, 0) is 16.1 Å². The molecule has 0 aliphatic carbocycles. The lowest BCUT2D eigenvalue weighted by Crippen LogP contribution is -2.34. The van der Waals surface area contributed by atoms with Crippen LogP contribution in [0, 0.1) is 0 Å². The Morgan fingerprint density at radius 2 is 1.90 bits per heavy atom. The van der Waals surface area contributed by atoms with E-state index in [4.69, 9.17) is 14.2 Å². The molecule has 2 heterocycles. The second-order valence-electron chi connectivity index (χ2n) is 6.62. The van der Waals surface area contributed by atoms with E-state index in [2.05, 4.69) is 10.2 Å². The average Bonchev–Trinajstić information content (AvgIpc) is 3.24. The number of nitrogens with one attached hydrogen (secondary N) is 1. The molecule has 1 aliphatic rings. The second-order valence-corrected chi connectivity index (χ2v) is 6.62. The van der Waals surface area contributed by atoms with Gasteiger partial charge in [0.1, 0.15) is 0 Å². The summed E-state index contributed by atoms with van der Waals surface area (Å²) in [6.45, 7) is 2.35. The van der Waals surface area contributed by atoms with Crippen LogP contribution in [0.1, 0.15) is 23.0 Å². The highest BCUT2D eigenvalue weighted by atomic mass is 16.7. The van der Waals surface area contributed by atoms with Crippen molar-refractivity contribution in [3.8, 4) is 11.5 Å². The van der Waals surface area contributed by atoms with Gasteiger partial charge in [-0.3, -0.25) is 9.59 Å². The van der Waals surface area contributed by atoms with Gasteiger partial charge in [0.25, 0.3) is 11.5 Å². The molecule has 0 spiro atoms. The molecule has 0 saturated carbocycles. The van der Waals surface area contributed by atoms with Crippen LogP contribution in [0.25, 0.3) is 10.8 Å². The number of aromatic nitrogens is 2. The van der Waals surface area contributed by atoms with Gasteiger partial charge in [-0.1, -0.05) is 24.3 Å². The zero-order chi connectivity index (χ0) is 21.1. The molecule has 9 heteroatoms. The first-order valence-corrected chi connectivity index (χ1v) is 9.37. The molecule has 0 fully saturated rings. The number of rotatable bonds is 6. The van der Waals surface area contributed by atoms with E-state index in [1.54, 1.807) is 35.2 Å². The number of esters is 1. The van der Waals surface area contributed by atoms with Crippen LogP contribution in [0.5, 0.6) is 11.5 Å². The van der Waals surface area contributed by atoms with Crippen LogP contribution >= 0.6 is 0 Å². The van der Waals surface area contributed by atoms with E-state index >= 15 is 0 Å². The van der Waals surface area contributed by atoms with E-state index in [9.17, 15) is 14.4 Å². The number of likely N-dealkylation sites (N-methyl/N-ethyl adjacent to an activating group) is 1. The first-order chi connectivity index (χ1) is 14.6. The second kappa shape index (κ2) is 8.24. The van der Waals surface area contributed by atoms with Gasteiger partial charge in [0, 0.05) is 18.5 Å². The molecule has 0 radical (unpaired) electrons. The summed E-state index contributed by atoms with van der Waals surface area (Å²) in [4.78, 5) is 38.4. The van der Waals surface area contributed by atoms with Gasteiger partial charge in [-0.25, -0.2) is 9.89 Å². The van der Waals surface area contributed by atoms with Crippen molar-refractivity contribution in [1.82, 2.24) is 15.1 Å². The number of carbonyl (C=O) groups is 2. The summed E-state index contributed by atoms with van der Waals surface area (Å²) in [5.74, 6) is 0.174. The number of fused-ring (bicyclic) bond motifs is 2. The van der Waals surface area contributed by atoms with E-state index in [0.29, 0.717) is 35.4 Å². The van der Waals surface area contributed by atoms with E-state index in [-0.39, 0.29) is 18.4 Å². The Kier molecular flexibility index (Phi) is 5.34. The monoisotopic (exact) mass is 409 g/mol. The quantitative estimate of drug-likeness (QED) is 0.619. The topological polar surface area (TPSA) is 111 Å². The fourth-order valence-corrected chi connectivity index (χ4v) is 3.19. The van der Waals surface area contributed by atoms with Gasteiger partial charge in [0.05, 0.1) is 5.39 Å². The smallest absolute Gasteiger partial charge is 0.359 e. The molecule has 2 aromatic carbocycles. The third-order valence-corrected chi connectivity index (χ3v) is 4.76. The van der Waals surface area contributed by atoms with Crippen molar-refractivity contribution >= 4 is 22.6 Å². The average molecular weight is 409 g/mol. The molecule has 0 saturated heterocycles. The first kappa shape index (κ1) is 19.4. The minimum absolute atomic E-state index is 0.0446. The van der Waals surface area contributed by atoms with E-state index in [1.165, 1.54) is 0 Å². The molecule has 4 rings (SSSR count). The maximum absolute atomic E-state index is 12.6. The molecule has 1 N–H and O–H groups in total. The normalized spacial score (nSPS) is 12.0. The summed E-state index contributed by atoms with van der Waals surface area (Å²) in [6.07, 6.45) is 0. The highest BCUT2D eigenvalue weighted by Crippen LogP contribution is 2.32. The van der Waals surface area contributed by atoms with E-state index in [1.807, 2.05) is 19.1 Å². The SMILES string of the molecule is CCN(Cc1ccc2c(c1)OCO2)C(=O)COC(=O)c1n[nH]c(=O)c2ccccc12. The largest absolute Gasteiger partial charge is 0.454 e. The summed E-state index contributed by atoms with van der Waals surface area (Å²) in [5, 5.41) is 6.75. The van der Waals surface area contributed by atoms with Crippen LogP contribution in [0.4, 0.5) is 0 Å². The van der Waals surface area contributed by atoms with Crippen LogP contribution in [0.2, 0.25) is 0 Å². The molecule has 0 atom stereocenters. The van der Waals surface area contributed by atoms with Crippen molar-refractivity contribution in [1.29, 1.82) is 0 Å². The Labute approximate surface area is 171 Å². The summed E-state index contributed by atoms with van der Waals surface area (Å²) < 4.78 is 15.8. The van der Waals surface area contributed by atoms with Gasteiger partial charge in [-0.15, -0.1) is 0 Å². The van der Waals surface area contributed by atoms with Crippen molar-refractivity contribution in [2.45, 2.75) is 13.5 Å². The number of benzene rings is 2. The fourth-order valence-electron chi connectivity index (χ4n) is 3.19. The van der Waals surface area contributed by atoms with Gasteiger partial charge >= 0.3 is 5.97 Å². The molecular formula is C21H19N3O6. The maximum atomic E-state index is 12.6. The minimum atomic E-state index is -0.782. The van der Waals surface area contributed by atoms with Crippen molar-refractivity contribution < 1.29 is 23.8 Å². The summed E-state index contributed by atoms with van der Waals surface area (Å²) in [5.41, 5.74) is 0.421. The summed E-state index contributed by atoms with van der Waals surface area (Å²) in [6, 6.07) is 12.0. The van der Waals surface area contributed by atoms with Crippen LogP contribution in [0.15, 0.2) is 47.3 Å². The number of carbonyl (C=O) groups excluding carboxylic acids is 2. The predicted molar refractivity (Wildman–Crippen MR) is 106 cm³/mol. The molecule has 3 aromatic rings. The maximum Gasteiger partial charge on any atom is 0.359 e. The van der Waals surface area contributed by atoms with Gasteiger partial charge in [-0.05, 0) is 30.7 Å². The first-order valence-electron chi connectivity index (χ1n) is 9.37. The van der Waals surface area contributed by atoms with Gasteiger partial charge in [0.15, 0.2) is 23.8 Å². The molecule has 1 amide bonds. The standard InChI is InChI=1S/C21H19N3O6/c1-2-24(10-13-7-8-16-17(9-13)30-12-29-16)18(25)11-28-21(27)19-14-5-3-4-6-15(14)20(26)23-22-19/h3-9H,2,10-12H2,1H3,(H,23,26). The number of hydrogen-bond donors (Lipinski definition) is 1. The van der Waals surface area contributed by atoms with Gasteiger partial charge < -0.3 is 19.1 Å². The molecule has 9 nitrogen and oxygen atoms in total. The van der Waals surface area contributed by atoms with Crippen molar-refractivity contribution in [3.63, 3.8) is 0 Å². The number of ether oxygens (including phenoxy) is 3. The molecule has 1 aliphatic heterocycles. The number of amides is 1. The Balaban J connectivity index is 1.42. The Morgan fingerprint density at radius 3 is 2.70 bits per heavy atom. The van der Waals surface area contributed by atoms with Crippen molar-refractivity contribution in [2.75, 3.05) is 19.9 Å². The van der Waals surface area contributed by atoms with Crippen LogP contribution < -0.4 is 15.0 Å². The summed E-state index contributed by atoms with van der Waals surface area (Å²) in [7, 11) is 0. The van der Waals surface area contributed by atoms with Gasteiger partial charge in [0.2, 0.25) is 6.79 Å². The van der Waals surface area contributed by atoms with Crippen LogP contribution in [-0.4, -0.2) is 46.9 Å². The summed E-state index contributed by atoms with van der Waals surface area (Å²) >= 11 is 0. The number of aromatic amines is 1. The zero-order valence-corrected chi connectivity index (χ0v) is 16.2. The Morgan fingerprint density at radius 1 is 1.13 bits per heavy atom.